The molecule has 0 bridgehead atoms. The minimum absolute atomic E-state index is 0.517. The number of nitrogen functional groups attached to an aromatic ring is 1. The second-order valence-electron chi connectivity index (χ2n) is 2.75. The van der Waals surface area contributed by atoms with Crippen molar-refractivity contribution in [2.45, 2.75) is 18.9 Å². The zero-order chi connectivity index (χ0) is 7.68. The van der Waals surface area contributed by atoms with Gasteiger partial charge >= 0.3 is 0 Å². The number of nitrogens with two attached hydrogens (primary N) is 1. The summed E-state index contributed by atoms with van der Waals surface area (Å²) in [6.45, 7) is 0. The number of hydrogen-bond acceptors (Lipinski definition) is 4. The first-order valence-electron chi connectivity index (χ1n) is 3.68. The quantitative estimate of drug-likeness (QED) is 0.649. The van der Waals surface area contributed by atoms with Crippen LogP contribution in [0.5, 0.6) is 0 Å². The van der Waals surface area contributed by atoms with Gasteiger partial charge in [0.15, 0.2) is 0 Å². The summed E-state index contributed by atoms with van der Waals surface area (Å²) in [5.41, 5.74) is 5.46. The molecule has 1 aliphatic carbocycles. The monoisotopic (exact) mass is 150 g/mol. The first kappa shape index (κ1) is 6.39. The predicted octanol–water partition coefficient (Wildman–Crippen LogP) is 0.633. The average molecular weight is 150 g/mol. The highest BCUT2D eigenvalue weighted by atomic mass is 15.1. The SMILES string of the molecule is Nc1cc(NC2CC2)ncn1. The van der Waals surface area contributed by atoms with E-state index in [1.54, 1.807) is 6.07 Å². The molecule has 0 atom stereocenters. The number of hydrogen-bond donors (Lipinski definition) is 2. The summed E-state index contributed by atoms with van der Waals surface area (Å²) in [6.07, 6.45) is 3.95. The molecule has 0 amide bonds. The van der Waals surface area contributed by atoms with Crippen molar-refractivity contribution in [1.29, 1.82) is 0 Å². The van der Waals surface area contributed by atoms with E-state index in [1.807, 2.05) is 0 Å². The molecule has 1 saturated carbocycles. The fourth-order valence-corrected chi connectivity index (χ4v) is 0.888. The van der Waals surface area contributed by atoms with E-state index in [2.05, 4.69) is 15.3 Å². The Morgan fingerprint density at radius 2 is 2.27 bits per heavy atom. The van der Waals surface area contributed by atoms with Crippen LogP contribution < -0.4 is 11.1 Å². The Kier molecular flexibility index (Phi) is 1.38. The summed E-state index contributed by atoms with van der Waals surface area (Å²) in [5, 5.41) is 3.23. The molecule has 1 aromatic rings. The zero-order valence-electron chi connectivity index (χ0n) is 6.12. The highest BCUT2D eigenvalue weighted by Crippen LogP contribution is 2.23. The molecule has 1 heterocycles. The van der Waals surface area contributed by atoms with E-state index in [1.165, 1.54) is 19.2 Å². The van der Waals surface area contributed by atoms with Crippen molar-refractivity contribution in [2.24, 2.45) is 0 Å². The van der Waals surface area contributed by atoms with Crippen LogP contribution in [0.4, 0.5) is 11.6 Å². The van der Waals surface area contributed by atoms with Gasteiger partial charge < -0.3 is 11.1 Å². The lowest BCUT2D eigenvalue weighted by Gasteiger charge is -2.01. The van der Waals surface area contributed by atoms with Crippen molar-refractivity contribution in [3.05, 3.63) is 12.4 Å². The molecular weight excluding hydrogens is 140 g/mol. The third kappa shape index (κ3) is 1.58. The maximum absolute atomic E-state index is 5.46. The van der Waals surface area contributed by atoms with Gasteiger partial charge in [0.2, 0.25) is 0 Å². The minimum Gasteiger partial charge on any atom is -0.384 e. The number of nitrogens with one attached hydrogen (secondary N) is 1. The van der Waals surface area contributed by atoms with E-state index in [0.29, 0.717) is 11.9 Å². The maximum atomic E-state index is 5.46. The Balaban J connectivity index is 2.10. The molecule has 0 spiro atoms. The van der Waals surface area contributed by atoms with Crippen LogP contribution in [-0.2, 0) is 0 Å². The Morgan fingerprint density at radius 3 is 2.91 bits per heavy atom. The van der Waals surface area contributed by atoms with Crippen LogP contribution in [-0.4, -0.2) is 16.0 Å². The van der Waals surface area contributed by atoms with Crippen molar-refractivity contribution in [3.63, 3.8) is 0 Å². The molecule has 0 unspecified atom stereocenters. The van der Waals surface area contributed by atoms with Gasteiger partial charge in [0.25, 0.3) is 0 Å². The molecule has 0 aromatic carbocycles. The second-order valence-corrected chi connectivity index (χ2v) is 2.75. The Hall–Kier alpha value is -1.32. The molecule has 1 aromatic heterocycles. The molecule has 2 rings (SSSR count). The summed E-state index contributed by atoms with van der Waals surface area (Å²) in [7, 11) is 0. The van der Waals surface area contributed by atoms with E-state index in [0.717, 1.165) is 5.82 Å². The van der Waals surface area contributed by atoms with Gasteiger partial charge in [-0.2, -0.15) is 0 Å². The Bertz CT molecular complexity index is 256. The van der Waals surface area contributed by atoms with Crippen LogP contribution in [0.1, 0.15) is 12.8 Å². The summed E-state index contributed by atoms with van der Waals surface area (Å²) in [6, 6.07) is 2.36. The number of nitrogens with zero attached hydrogens (tertiary/aromatic N) is 2. The molecule has 4 heteroatoms. The van der Waals surface area contributed by atoms with Gasteiger partial charge in [-0.05, 0) is 12.8 Å². The Labute approximate surface area is 64.8 Å². The van der Waals surface area contributed by atoms with Gasteiger partial charge in [-0.1, -0.05) is 0 Å². The van der Waals surface area contributed by atoms with E-state index in [4.69, 9.17) is 5.73 Å². The fourth-order valence-electron chi connectivity index (χ4n) is 0.888. The van der Waals surface area contributed by atoms with Crippen LogP contribution in [0.15, 0.2) is 12.4 Å². The van der Waals surface area contributed by atoms with Gasteiger partial charge in [0.05, 0.1) is 0 Å². The molecule has 4 nitrogen and oxygen atoms in total. The summed E-state index contributed by atoms with van der Waals surface area (Å²) in [5.74, 6) is 1.35. The van der Waals surface area contributed by atoms with Crippen LogP contribution in [0, 0.1) is 0 Å². The van der Waals surface area contributed by atoms with E-state index < -0.39 is 0 Å². The van der Waals surface area contributed by atoms with Crippen LogP contribution in [0.2, 0.25) is 0 Å². The summed E-state index contributed by atoms with van der Waals surface area (Å²) < 4.78 is 0. The largest absolute Gasteiger partial charge is 0.384 e. The van der Waals surface area contributed by atoms with Gasteiger partial charge in [-0.3, -0.25) is 0 Å². The van der Waals surface area contributed by atoms with Crippen molar-refractivity contribution in [3.8, 4) is 0 Å². The van der Waals surface area contributed by atoms with Crippen molar-refractivity contribution < 1.29 is 0 Å². The summed E-state index contributed by atoms with van der Waals surface area (Å²) in [4.78, 5) is 7.81. The molecule has 0 saturated heterocycles. The van der Waals surface area contributed by atoms with Crippen LogP contribution in [0.25, 0.3) is 0 Å². The molecule has 0 aliphatic heterocycles. The Morgan fingerprint density at radius 1 is 1.45 bits per heavy atom. The molecule has 58 valence electrons. The molecule has 1 aliphatic rings. The van der Waals surface area contributed by atoms with E-state index in [9.17, 15) is 0 Å². The first-order chi connectivity index (χ1) is 5.34. The fraction of sp³-hybridized carbons (Fsp3) is 0.429. The molecule has 0 radical (unpaired) electrons. The number of aromatic nitrogens is 2. The van der Waals surface area contributed by atoms with E-state index >= 15 is 0 Å². The molecule has 3 N–H and O–H groups in total. The first-order valence-corrected chi connectivity index (χ1v) is 3.68. The predicted molar refractivity (Wildman–Crippen MR) is 43.1 cm³/mol. The molecule has 1 fully saturated rings. The smallest absolute Gasteiger partial charge is 0.131 e. The third-order valence-corrected chi connectivity index (χ3v) is 1.62. The lowest BCUT2D eigenvalue weighted by Crippen LogP contribution is -2.03. The third-order valence-electron chi connectivity index (χ3n) is 1.62. The van der Waals surface area contributed by atoms with Crippen molar-refractivity contribution in [1.82, 2.24) is 9.97 Å². The summed E-state index contributed by atoms with van der Waals surface area (Å²) >= 11 is 0. The van der Waals surface area contributed by atoms with E-state index in [-0.39, 0.29) is 0 Å². The van der Waals surface area contributed by atoms with Gasteiger partial charge in [-0.25, -0.2) is 9.97 Å². The maximum Gasteiger partial charge on any atom is 0.131 e. The van der Waals surface area contributed by atoms with Gasteiger partial charge in [-0.15, -0.1) is 0 Å². The number of rotatable bonds is 2. The molecule has 11 heavy (non-hydrogen) atoms. The standard InChI is InChI=1S/C7H10N4/c8-6-3-7(10-4-9-6)11-5-1-2-5/h3-5H,1-2H2,(H3,8,9,10,11). The highest BCUT2D eigenvalue weighted by molar-refractivity contribution is 5.44. The zero-order valence-corrected chi connectivity index (χ0v) is 6.12. The van der Waals surface area contributed by atoms with Crippen LogP contribution >= 0.6 is 0 Å². The van der Waals surface area contributed by atoms with Crippen molar-refractivity contribution >= 4 is 11.6 Å². The van der Waals surface area contributed by atoms with Crippen LogP contribution in [0.3, 0.4) is 0 Å². The topological polar surface area (TPSA) is 63.8 Å². The number of anilines is 2. The lowest BCUT2D eigenvalue weighted by molar-refractivity contribution is 1.08. The molecular formula is C7H10N4. The lowest BCUT2D eigenvalue weighted by atomic mass is 10.5. The highest BCUT2D eigenvalue weighted by Gasteiger charge is 2.21. The van der Waals surface area contributed by atoms with Gasteiger partial charge in [0, 0.05) is 12.1 Å². The second kappa shape index (κ2) is 2.38. The van der Waals surface area contributed by atoms with Crippen molar-refractivity contribution in [2.75, 3.05) is 11.1 Å². The van der Waals surface area contributed by atoms with Gasteiger partial charge in [0.1, 0.15) is 18.0 Å². The normalized spacial score (nSPS) is 16.4. The minimum atomic E-state index is 0.517. The average Bonchev–Trinajstić information content (AvgIpc) is 2.71.